The minimum atomic E-state index is -0.179. The zero-order chi connectivity index (χ0) is 22.7. The Bertz CT molecular complexity index is 737. The molecule has 1 aromatic carbocycles. The highest BCUT2D eigenvalue weighted by Gasteiger charge is 2.27. The Hall–Kier alpha value is -2.04. The van der Waals surface area contributed by atoms with Crippen LogP contribution in [0.15, 0.2) is 12.1 Å². The summed E-state index contributed by atoms with van der Waals surface area (Å²) in [6, 6.07) is 4.17. The van der Waals surface area contributed by atoms with Crippen LogP contribution in [0.1, 0.15) is 90.8 Å². The zero-order valence-electron chi connectivity index (χ0n) is 19.9. The molecule has 1 aromatic rings. The van der Waals surface area contributed by atoms with Crippen LogP contribution >= 0.6 is 0 Å². The van der Waals surface area contributed by atoms with Crippen LogP contribution in [0.4, 0.5) is 0 Å². The number of phenols is 1. The lowest BCUT2D eigenvalue weighted by atomic mass is 9.78. The van der Waals surface area contributed by atoms with Crippen LogP contribution < -0.4 is 5.32 Å². The van der Waals surface area contributed by atoms with E-state index in [1.54, 1.807) is 0 Å². The van der Waals surface area contributed by atoms with Gasteiger partial charge in [-0.2, -0.15) is 0 Å². The van der Waals surface area contributed by atoms with Gasteiger partial charge in [0.2, 0.25) is 11.8 Å². The van der Waals surface area contributed by atoms with Gasteiger partial charge in [0, 0.05) is 32.0 Å². The van der Waals surface area contributed by atoms with Gasteiger partial charge in [-0.3, -0.25) is 9.59 Å². The van der Waals surface area contributed by atoms with Crippen molar-refractivity contribution >= 4 is 11.8 Å². The third-order valence-corrected chi connectivity index (χ3v) is 5.87. The summed E-state index contributed by atoms with van der Waals surface area (Å²) < 4.78 is 0. The lowest BCUT2D eigenvalue weighted by Gasteiger charge is -2.33. The molecule has 1 fully saturated rings. The second-order valence-electron chi connectivity index (χ2n) is 10.6. The van der Waals surface area contributed by atoms with Crippen molar-refractivity contribution in [1.82, 2.24) is 10.2 Å². The fourth-order valence-corrected chi connectivity index (χ4v) is 4.04. The maximum Gasteiger partial charge on any atom is 0.222 e. The second kappa shape index (κ2) is 9.40. The van der Waals surface area contributed by atoms with Crippen LogP contribution in [0.5, 0.6) is 5.75 Å². The Morgan fingerprint density at radius 2 is 1.67 bits per heavy atom. The quantitative estimate of drug-likeness (QED) is 0.746. The number of nitrogens with one attached hydrogen (secondary N) is 1. The van der Waals surface area contributed by atoms with Gasteiger partial charge in [-0.15, -0.1) is 0 Å². The molecular weight excluding hydrogens is 376 g/mol. The zero-order valence-corrected chi connectivity index (χ0v) is 19.9. The van der Waals surface area contributed by atoms with Gasteiger partial charge in [0.05, 0.1) is 0 Å². The summed E-state index contributed by atoms with van der Waals surface area (Å²) >= 11 is 0. The molecule has 1 saturated heterocycles. The molecular formula is C25H40N2O3. The number of hydrogen-bond acceptors (Lipinski definition) is 3. The SMILES string of the molecule is CCC(=O)NC1CCCN(C(=O)CCc2cc(C(C)(C)C)c(O)c(C(C)(C)C)c2)C1. The van der Waals surface area contributed by atoms with Crippen LogP contribution in [0, 0.1) is 0 Å². The van der Waals surface area contributed by atoms with E-state index < -0.39 is 0 Å². The third kappa shape index (κ3) is 6.23. The lowest BCUT2D eigenvalue weighted by molar-refractivity contribution is -0.133. The van der Waals surface area contributed by atoms with E-state index in [0.717, 1.165) is 36.1 Å². The standard InChI is InChI=1S/C25H40N2O3/c1-8-21(28)26-18-10-9-13-27(16-18)22(29)12-11-17-14-19(24(2,3)4)23(30)20(15-17)25(5,6)7/h14-15,18,30H,8-13,16H2,1-7H3,(H,26,28). The Labute approximate surface area is 182 Å². The first-order valence-electron chi connectivity index (χ1n) is 11.3. The van der Waals surface area contributed by atoms with E-state index in [1.807, 2.05) is 11.8 Å². The number of hydrogen-bond donors (Lipinski definition) is 2. The number of rotatable bonds is 5. The summed E-state index contributed by atoms with van der Waals surface area (Å²) in [5.74, 6) is 0.548. The monoisotopic (exact) mass is 416 g/mol. The van der Waals surface area contributed by atoms with E-state index in [2.05, 4.69) is 59.0 Å². The van der Waals surface area contributed by atoms with Crippen LogP contribution in [0.25, 0.3) is 0 Å². The number of nitrogens with zero attached hydrogens (tertiary/aromatic N) is 1. The van der Waals surface area contributed by atoms with E-state index in [4.69, 9.17) is 0 Å². The van der Waals surface area contributed by atoms with E-state index in [1.165, 1.54) is 0 Å². The van der Waals surface area contributed by atoms with Crippen molar-refractivity contribution in [3.05, 3.63) is 28.8 Å². The van der Waals surface area contributed by atoms with Crippen LogP contribution in [-0.4, -0.2) is 41.0 Å². The second-order valence-corrected chi connectivity index (χ2v) is 10.6. The first-order valence-corrected chi connectivity index (χ1v) is 11.3. The third-order valence-electron chi connectivity index (χ3n) is 5.87. The maximum atomic E-state index is 12.9. The molecule has 1 atom stereocenters. The summed E-state index contributed by atoms with van der Waals surface area (Å²) in [5.41, 5.74) is 2.59. The molecule has 1 aliphatic rings. The van der Waals surface area contributed by atoms with Crippen LogP contribution in [-0.2, 0) is 26.8 Å². The van der Waals surface area contributed by atoms with Gasteiger partial charge >= 0.3 is 0 Å². The molecule has 1 unspecified atom stereocenters. The van der Waals surface area contributed by atoms with Crippen LogP contribution in [0.3, 0.4) is 0 Å². The minimum Gasteiger partial charge on any atom is -0.507 e. The van der Waals surface area contributed by atoms with E-state index in [0.29, 0.717) is 31.6 Å². The smallest absolute Gasteiger partial charge is 0.222 e. The van der Waals surface area contributed by atoms with Gasteiger partial charge < -0.3 is 15.3 Å². The molecule has 30 heavy (non-hydrogen) atoms. The number of likely N-dealkylation sites (tertiary alicyclic amines) is 1. The average molecular weight is 417 g/mol. The van der Waals surface area contributed by atoms with Gasteiger partial charge in [-0.25, -0.2) is 0 Å². The van der Waals surface area contributed by atoms with Crippen LogP contribution in [0.2, 0.25) is 0 Å². The molecule has 0 aromatic heterocycles. The molecule has 0 aliphatic carbocycles. The molecule has 2 rings (SSSR count). The van der Waals surface area contributed by atoms with Crippen molar-refractivity contribution in [3.8, 4) is 5.75 Å². The number of amides is 2. The topological polar surface area (TPSA) is 69.6 Å². The molecule has 1 aliphatic heterocycles. The number of aromatic hydroxyl groups is 1. The first kappa shape index (κ1) is 24.2. The van der Waals surface area contributed by atoms with E-state index in [9.17, 15) is 14.7 Å². The Balaban J connectivity index is 2.13. The summed E-state index contributed by atoms with van der Waals surface area (Å²) in [7, 11) is 0. The molecule has 5 heteroatoms. The summed E-state index contributed by atoms with van der Waals surface area (Å²) in [4.78, 5) is 26.4. The van der Waals surface area contributed by atoms with E-state index >= 15 is 0 Å². The number of phenolic OH excluding ortho intramolecular Hbond substituents is 1. The Morgan fingerprint density at radius 3 is 2.17 bits per heavy atom. The predicted octanol–water partition coefficient (Wildman–Crippen LogP) is 4.44. The number of piperidine rings is 1. The number of carbonyl (C=O) groups is 2. The number of carbonyl (C=O) groups excluding carboxylic acids is 2. The van der Waals surface area contributed by atoms with Gasteiger partial charge in [0.1, 0.15) is 5.75 Å². The molecule has 0 spiro atoms. The summed E-state index contributed by atoms with van der Waals surface area (Å²) in [5, 5.41) is 13.9. The fraction of sp³-hybridized carbons (Fsp3) is 0.680. The molecule has 0 saturated carbocycles. The van der Waals surface area contributed by atoms with Crippen molar-refractivity contribution in [1.29, 1.82) is 0 Å². The maximum absolute atomic E-state index is 12.9. The highest BCUT2D eigenvalue weighted by molar-refractivity contribution is 5.78. The molecule has 168 valence electrons. The predicted molar refractivity (Wildman–Crippen MR) is 122 cm³/mol. The summed E-state index contributed by atoms with van der Waals surface area (Å²) in [6.07, 6.45) is 3.40. The highest BCUT2D eigenvalue weighted by atomic mass is 16.3. The normalized spacial score (nSPS) is 17.7. The Morgan fingerprint density at radius 1 is 1.10 bits per heavy atom. The van der Waals surface area contributed by atoms with Gasteiger partial charge in [-0.1, -0.05) is 60.6 Å². The Kier molecular flexibility index (Phi) is 7.59. The lowest BCUT2D eigenvalue weighted by Crippen LogP contribution is -2.49. The minimum absolute atomic E-state index is 0.0443. The molecule has 1 heterocycles. The molecule has 2 N–H and O–H groups in total. The number of benzene rings is 1. The van der Waals surface area contributed by atoms with Gasteiger partial charge in [0.25, 0.3) is 0 Å². The average Bonchev–Trinajstić information content (AvgIpc) is 2.65. The fourth-order valence-electron chi connectivity index (χ4n) is 4.04. The molecule has 0 bridgehead atoms. The van der Waals surface area contributed by atoms with Crippen molar-refractivity contribution in [2.45, 2.75) is 97.4 Å². The first-order chi connectivity index (χ1) is 13.8. The highest BCUT2D eigenvalue weighted by Crippen LogP contribution is 2.40. The largest absolute Gasteiger partial charge is 0.507 e. The van der Waals surface area contributed by atoms with E-state index in [-0.39, 0.29) is 28.7 Å². The van der Waals surface area contributed by atoms with Crippen molar-refractivity contribution in [3.63, 3.8) is 0 Å². The van der Waals surface area contributed by atoms with Gasteiger partial charge in [0.15, 0.2) is 0 Å². The van der Waals surface area contributed by atoms with Crippen molar-refractivity contribution in [2.75, 3.05) is 13.1 Å². The molecule has 0 radical (unpaired) electrons. The molecule has 5 nitrogen and oxygen atoms in total. The van der Waals surface area contributed by atoms with Gasteiger partial charge in [-0.05, 0) is 46.8 Å². The van der Waals surface area contributed by atoms with Crippen molar-refractivity contribution < 1.29 is 14.7 Å². The van der Waals surface area contributed by atoms with Crippen molar-refractivity contribution in [2.24, 2.45) is 0 Å². The number of aryl methyl sites for hydroxylation is 1. The summed E-state index contributed by atoms with van der Waals surface area (Å²) in [6.45, 7) is 15.8. The molecule has 2 amide bonds.